The molecule has 1 N–H and O–H groups in total. The summed E-state index contributed by atoms with van der Waals surface area (Å²) in [6.45, 7) is 2.14. The Bertz CT molecular complexity index is 405. The third-order valence-electron chi connectivity index (χ3n) is 2.41. The standard InChI is InChI=1S/C11H13NO/c1-8(12-2)9-3-4-11-10(7-9)5-6-13-11/h3-8,12H,1-2H3/t8-/m0/s1. The summed E-state index contributed by atoms with van der Waals surface area (Å²) in [7, 11) is 1.96. The second-order valence-corrected chi connectivity index (χ2v) is 3.23. The van der Waals surface area contributed by atoms with Crippen LogP contribution in [-0.2, 0) is 0 Å². The summed E-state index contributed by atoms with van der Waals surface area (Å²) in [5.74, 6) is 0. The summed E-state index contributed by atoms with van der Waals surface area (Å²) >= 11 is 0. The summed E-state index contributed by atoms with van der Waals surface area (Å²) in [4.78, 5) is 0. The van der Waals surface area contributed by atoms with Crippen LogP contribution >= 0.6 is 0 Å². The van der Waals surface area contributed by atoms with E-state index in [0.717, 1.165) is 5.58 Å². The topological polar surface area (TPSA) is 25.2 Å². The molecule has 1 atom stereocenters. The number of rotatable bonds is 2. The van der Waals surface area contributed by atoms with Gasteiger partial charge in [-0.3, -0.25) is 0 Å². The molecule has 0 fully saturated rings. The van der Waals surface area contributed by atoms with Crippen molar-refractivity contribution in [2.75, 3.05) is 7.05 Å². The normalized spacial score (nSPS) is 13.4. The molecule has 0 radical (unpaired) electrons. The molecule has 2 heteroatoms. The van der Waals surface area contributed by atoms with E-state index in [9.17, 15) is 0 Å². The first-order valence-corrected chi connectivity index (χ1v) is 4.45. The fraction of sp³-hybridized carbons (Fsp3) is 0.273. The van der Waals surface area contributed by atoms with E-state index in [1.807, 2.05) is 19.2 Å². The first-order chi connectivity index (χ1) is 6.31. The molecule has 2 rings (SSSR count). The zero-order chi connectivity index (χ0) is 9.26. The van der Waals surface area contributed by atoms with Crippen molar-refractivity contribution < 1.29 is 4.42 Å². The highest BCUT2D eigenvalue weighted by Crippen LogP contribution is 2.20. The number of furan rings is 1. The Hall–Kier alpha value is -1.28. The van der Waals surface area contributed by atoms with Crippen molar-refractivity contribution in [1.29, 1.82) is 0 Å². The van der Waals surface area contributed by atoms with Gasteiger partial charge in [-0.1, -0.05) is 6.07 Å². The maximum Gasteiger partial charge on any atom is 0.133 e. The second-order valence-electron chi connectivity index (χ2n) is 3.23. The molecule has 0 aliphatic heterocycles. The van der Waals surface area contributed by atoms with Crippen LogP contribution < -0.4 is 5.32 Å². The Morgan fingerprint density at radius 3 is 2.92 bits per heavy atom. The lowest BCUT2D eigenvalue weighted by Gasteiger charge is -2.09. The SMILES string of the molecule is CN[C@@H](C)c1ccc2occc2c1. The number of nitrogens with one attached hydrogen (secondary N) is 1. The van der Waals surface area contributed by atoms with Crippen molar-refractivity contribution in [2.45, 2.75) is 13.0 Å². The Morgan fingerprint density at radius 2 is 2.15 bits per heavy atom. The smallest absolute Gasteiger partial charge is 0.133 e. The third-order valence-corrected chi connectivity index (χ3v) is 2.41. The highest BCUT2D eigenvalue weighted by molar-refractivity contribution is 5.77. The Balaban J connectivity index is 2.48. The fourth-order valence-corrected chi connectivity index (χ4v) is 1.42. The van der Waals surface area contributed by atoms with Crippen LogP contribution in [0.25, 0.3) is 11.0 Å². The molecule has 0 aliphatic carbocycles. The highest BCUT2D eigenvalue weighted by atomic mass is 16.3. The molecule has 1 heterocycles. The molecule has 0 aliphatic rings. The van der Waals surface area contributed by atoms with Crippen molar-refractivity contribution in [3.8, 4) is 0 Å². The van der Waals surface area contributed by atoms with Crippen LogP contribution in [-0.4, -0.2) is 7.05 Å². The number of hydrogen-bond acceptors (Lipinski definition) is 2. The van der Waals surface area contributed by atoms with Crippen LogP contribution in [0.2, 0.25) is 0 Å². The lowest BCUT2D eigenvalue weighted by atomic mass is 10.1. The average molecular weight is 175 g/mol. The van der Waals surface area contributed by atoms with Gasteiger partial charge in [0.05, 0.1) is 6.26 Å². The molecule has 0 amide bonds. The fourth-order valence-electron chi connectivity index (χ4n) is 1.42. The summed E-state index contributed by atoms with van der Waals surface area (Å²) < 4.78 is 5.27. The molecule has 13 heavy (non-hydrogen) atoms. The van der Waals surface area contributed by atoms with Crippen LogP contribution in [0.1, 0.15) is 18.5 Å². The monoisotopic (exact) mass is 175 g/mol. The first-order valence-electron chi connectivity index (χ1n) is 4.45. The van der Waals surface area contributed by atoms with Gasteiger partial charge in [0.2, 0.25) is 0 Å². The number of fused-ring (bicyclic) bond motifs is 1. The third kappa shape index (κ3) is 1.45. The van der Waals surface area contributed by atoms with Gasteiger partial charge in [-0.15, -0.1) is 0 Å². The quantitative estimate of drug-likeness (QED) is 0.759. The predicted octanol–water partition coefficient (Wildman–Crippen LogP) is 2.71. The van der Waals surface area contributed by atoms with Crippen molar-refractivity contribution in [2.24, 2.45) is 0 Å². The first kappa shape index (κ1) is 8.32. The maximum atomic E-state index is 5.27. The molecule has 0 spiro atoms. The molecule has 2 aromatic rings. The number of benzene rings is 1. The largest absolute Gasteiger partial charge is 0.464 e. The van der Waals surface area contributed by atoms with Gasteiger partial charge in [0, 0.05) is 11.4 Å². The van der Waals surface area contributed by atoms with Crippen molar-refractivity contribution in [1.82, 2.24) is 5.32 Å². The zero-order valence-electron chi connectivity index (χ0n) is 7.87. The summed E-state index contributed by atoms with van der Waals surface area (Å²) in [5, 5.41) is 4.37. The van der Waals surface area contributed by atoms with Crippen LogP contribution in [0.15, 0.2) is 34.9 Å². The van der Waals surface area contributed by atoms with E-state index in [4.69, 9.17) is 4.42 Å². The van der Waals surface area contributed by atoms with Gasteiger partial charge >= 0.3 is 0 Å². The van der Waals surface area contributed by atoms with Crippen molar-refractivity contribution in [3.05, 3.63) is 36.1 Å². The summed E-state index contributed by atoms with van der Waals surface area (Å²) in [6, 6.07) is 8.63. The molecular formula is C11H13NO. The van der Waals surface area contributed by atoms with Gasteiger partial charge in [0.25, 0.3) is 0 Å². The molecule has 1 aromatic heterocycles. The lowest BCUT2D eigenvalue weighted by Crippen LogP contribution is -2.11. The van der Waals surface area contributed by atoms with Crippen LogP contribution in [0, 0.1) is 0 Å². The minimum atomic E-state index is 0.388. The highest BCUT2D eigenvalue weighted by Gasteiger charge is 2.03. The molecule has 0 saturated carbocycles. The predicted molar refractivity (Wildman–Crippen MR) is 53.7 cm³/mol. The van der Waals surface area contributed by atoms with E-state index in [1.165, 1.54) is 10.9 Å². The van der Waals surface area contributed by atoms with Crippen molar-refractivity contribution >= 4 is 11.0 Å². The molecule has 2 nitrogen and oxygen atoms in total. The van der Waals surface area contributed by atoms with E-state index in [0.29, 0.717) is 6.04 Å². The van der Waals surface area contributed by atoms with Gasteiger partial charge in [0.1, 0.15) is 5.58 Å². The molecule has 68 valence electrons. The van der Waals surface area contributed by atoms with Crippen LogP contribution in [0.3, 0.4) is 0 Å². The van der Waals surface area contributed by atoms with Crippen molar-refractivity contribution in [3.63, 3.8) is 0 Å². The van der Waals surface area contributed by atoms with Gasteiger partial charge < -0.3 is 9.73 Å². The van der Waals surface area contributed by atoms with E-state index >= 15 is 0 Å². The molecule has 0 unspecified atom stereocenters. The van der Waals surface area contributed by atoms with Gasteiger partial charge in [-0.25, -0.2) is 0 Å². The summed E-state index contributed by atoms with van der Waals surface area (Å²) in [5.41, 5.74) is 2.24. The van der Waals surface area contributed by atoms with Gasteiger partial charge in [-0.2, -0.15) is 0 Å². The number of hydrogen-bond donors (Lipinski definition) is 1. The molecule has 1 aromatic carbocycles. The van der Waals surface area contributed by atoms with E-state index in [2.05, 4.69) is 24.4 Å². The second kappa shape index (κ2) is 3.23. The van der Waals surface area contributed by atoms with Crippen LogP contribution in [0.5, 0.6) is 0 Å². The summed E-state index contributed by atoms with van der Waals surface area (Å²) in [6.07, 6.45) is 1.72. The van der Waals surface area contributed by atoms with E-state index < -0.39 is 0 Å². The molecule has 0 saturated heterocycles. The minimum absolute atomic E-state index is 0.388. The maximum absolute atomic E-state index is 5.27. The molecule has 0 bridgehead atoms. The lowest BCUT2D eigenvalue weighted by molar-refractivity contribution is 0.614. The van der Waals surface area contributed by atoms with Gasteiger partial charge in [0.15, 0.2) is 0 Å². The minimum Gasteiger partial charge on any atom is -0.464 e. The van der Waals surface area contributed by atoms with E-state index in [-0.39, 0.29) is 0 Å². The zero-order valence-corrected chi connectivity index (χ0v) is 7.87. The average Bonchev–Trinajstić information content (AvgIpc) is 2.63. The molecular weight excluding hydrogens is 162 g/mol. The van der Waals surface area contributed by atoms with Gasteiger partial charge in [-0.05, 0) is 37.7 Å². The Kier molecular flexibility index (Phi) is 2.07. The Morgan fingerprint density at radius 1 is 1.31 bits per heavy atom. The Labute approximate surface area is 77.6 Å². The van der Waals surface area contributed by atoms with E-state index in [1.54, 1.807) is 6.26 Å². The van der Waals surface area contributed by atoms with Crippen LogP contribution in [0.4, 0.5) is 0 Å².